The van der Waals surface area contributed by atoms with Crippen molar-refractivity contribution in [3.05, 3.63) is 47.4 Å². The Morgan fingerprint density at radius 1 is 1.40 bits per heavy atom. The van der Waals surface area contributed by atoms with Crippen LogP contribution in [0.5, 0.6) is 5.75 Å². The highest BCUT2D eigenvalue weighted by molar-refractivity contribution is 5.27. The number of benzene rings is 1. The molecule has 0 aliphatic carbocycles. The van der Waals surface area contributed by atoms with E-state index in [4.69, 9.17) is 4.74 Å². The highest BCUT2D eigenvalue weighted by Crippen LogP contribution is 2.11. The predicted molar refractivity (Wildman–Crippen MR) is 53.3 cm³/mol. The van der Waals surface area contributed by atoms with Crippen molar-refractivity contribution in [1.29, 1.82) is 0 Å². The Morgan fingerprint density at radius 2 is 2.13 bits per heavy atom. The number of methoxy groups -OCH3 is 1. The molecule has 1 aromatic carbocycles. The van der Waals surface area contributed by atoms with E-state index >= 15 is 0 Å². The van der Waals surface area contributed by atoms with Gasteiger partial charge in [-0.25, -0.2) is 0 Å². The summed E-state index contributed by atoms with van der Waals surface area (Å²) in [5.74, 6) is 0.818. The van der Waals surface area contributed by atoms with Crippen molar-refractivity contribution >= 4 is 0 Å². The van der Waals surface area contributed by atoms with Crippen LogP contribution in [0.25, 0.3) is 0 Å². The Hall–Kier alpha value is -2.04. The van der Waals surface area contributed by atoms with Gasteiger partial charge < -0.3 is 9.94 Å². The smallest absolute Gasteiger partial charge is 0.159 e. The maximum atomic E-state index is 10.7. The lowest BCUT2D eigenvalue weighted by molar-refractivity contribution is -0.670. The maximum absolute atomic E-state index is 10.7. The van der Waals surface area contributed by atoms with Crippen LogP contribution in [0, 0.1) is 5.21 Å². The third-order valence-corrected chi connectivity index (χ3v) is 2.07. The minimum absolute atomic E-state index is 0.531. The van der Waals surface area contributed by atoms with Gasteiger partial charge in [0.1, 0.15) is 12.3 Å². The Bertz CT molecular complexity index is 436. The van der Waals surface area contributed by atoms with Crippen molar-refractivity contribution in [2.45, 2.75) is 6.54 Å². The second kappa shape index (κ2) is 4.00. The van der Waals surface area contributed by atoms with E-state index in [2.05, 4.69) is 5.21 Å². The molecule has 0 radical (unpaired) electrons. The molecule has 0 aliphatic rings. The number of nitrogens with zero attached hydrogens (tertiary/aromatic N) is 3. The molecule has 0 N–H and O–H groups in total. The maximum Gasteiger partial charge on any atom is 0.159 e. The summed E-state index contributed by atoms with van der Waals surface area (Å²) < 4.78 is 6.63. The van der Waals surface area contributed by atoms with E-state index in [1.807, 2.05) is 24.3 Å². The number of ether oxygens (including phenoxy) is 1. The second-order valence-corrected chi connectivity index (χ2v) is 3.14. The zero-order valence-corrected chi connectivity index (χ0v) is 8.33. The van der Waals surface area contributed by atoms with Crippen LogP contribution < -0.4 is 9.58 Å². The van der Waals surface area contributed by atoms with Gasteiger partial charge in [-0.15, -0.1) is 9.53 Å². The first kappa shape index (κ1) is 9.51. The van der Waals surface area contributed by atoms with Crippen LogP contribution in [-0.4, -0.2) is 17.0 Å². The molecule has 0 saturated carbocycles. The molecule has 0 spiro atoms. The molecule has 2 aromatic rings. The van der Waals surface area contributed by atoms with E-state index in [9.17, 15) is 5.21 Å². The molecule has 0 aliphatic heterocycles. The zero-order chi connectivity index (χ0) is 10.7. The molecule has 1 heterocycles. The molecule has 1 aromatic heterocycles. The van der Waals surface area contributed by atoms with Gasteiger partial charge in [0, 0.05) is 0 Å². The summed E-state index contributed by atoms with van der Waals surface area (Å²) in [7, 11) is 1.63. The van der Waals surface area contributed by atoms with Crippen molar-refractivity contribution in [3.63, 3.8) is 0 Å². The van der Waals surface area contributed by atoms with Crippen LogP contribution in [0.4, 0.5) is 0 Å². The lowest BCUT2D eigenvalue weighted by Crippen LogP contribution is -2.28. The molecule has 0 atom stereocenters. The van der Waals surface area contributed by atoms with Crippen molar-refractivity contribution in [3.8, 4) is 5.75 Å². The van der Waals surface area contributed by atoms with E-state index in [1.54, 1.807) is 18.0 Å². The molecule has 78 valence electrons. The van der Waals surface area contributed by atoms with Gasteiger partial charge >= 0.3 is 0 Å². The monoisotopic (exact) mass is 205 g/mol. The Labute approximate surface area is 87.1 Å². The van der Waals surface area contributed by atoms with E-state index in [-0.39, 0.29) is 0 Å². The van der Waals surface area contributed by atoms with Crippen LogP contribution in [-0.2, 0) is 6.54 Å². The molecule has 0 bridgehead atoms. The topological polar surface area (TPSA) is 54.0 Å². The normalized spacial score (nSPS) is 10.2. The van der Waals surface area contributed by atoms with Crippen molar-refractivity contribution < 1.29 is 9.58 Å². The van der Waals surface area contributed by atoms with Gasteiger partial charge in [-0.2, -0.15) is 0 Å². The first-order valence-electron chi connectivity index (χ1n) is 4.54. The molecule has 2 rings (SSSR count). The fourth-order valence-electron chi connectivity index (χ4n) is 1.31. The van der Waals surface area contributed by atoms with Crippen molar-refractivity contribution in [2.75, 3.05) is 7.11 Å². The molecule has 0 unspecified atom stereocenters. The van der Waals surface area contributed by atoms with Crippen LogP contribution in [0.15, 0.2) is 36.7 Å². The third kappa shape index (κ3) is 2.25. The van der Waals surface area contributed by atoms with Crippen LogP contribution >= 0.6 is 0 Å². The zero-order valence-electron chi connectivity index (χ0n) is 8.33. The average Bonchev–Trinajstić information content (AvgIpc) is 2.65. The molecular formula is C10H11N3O2. The number of aromatic nitrogens is 3. The highest BCUT2D eigenvalue weighted by Gasteiger charge is 2.02. The van der Waals surface area contributed by atoms with Crippen LogP contribution in [0.3, 0.4) is 0 Å². The predicted octanol–water partition coefficient (Wildman–Crippen LogP) is 0.573. The fourth-order valence-corrected chi connectivity index (χ4v) is 1.31. The summed E-state index contributed by atoms with van der Waals surface area (Å²) in [6, 6.07) is 7.64. The Kier molecular flexibility index (Phi) is 2.53. The number of hydrogen-bond acceptors (Lipinski definition) is 3. The summed E-state index contributed by atoms with van der Waals surface area (Å²) in [5, 5.41) is 14.4. The first-order chi connectivity index (χ1) is 7.28. The minimum Gasteiger partial charge on any atom is -0.691 e. The Balaban J connectivity index is 2.11. The van der Waals surface area contributed by atoms with E-state index in [0.717, 1.165) is 11.3 Å². The fraction of sp³-hybridized carbons (Fsp3) is 0.200. The standard InChI is InChI=1S/C10H11N3O2/c1-15-10-4-2-9(3-5-10)8-12-6-7-13(14)11-12/h2-7H,8H2,1H3. The van der Waals surface area contributed by atoms with Gasteiger partial charge in [0.2, 0.25) is 0 Å². The van der Waals surface area contributed by atoms with Crippen molar-refractivity contribution in [2.24, 2.45) is 0 Å². The number of hydrogen-bond donors (Lipinski definition) is 0. The lowest BCUT2D eigenvalue weighted by atomic mass is 10.2. The summed E-state index contributed by atoms with van der Waals surface area (Å²) in [6.07, 6.45) is 3.00. The van der Waals surface area contributed by atoms with Gasteiger partial charge in [-0.3, -0.25) is 0 Å². The lowest BCUT2D eigenvalue weighted by Gasteiger charge is -2.00. The highest BCUT2D eigenvalue weighted by atomic mass is 16.5. The molecule has 15 heavy (non-hydrogen) atoms. The molecular weight excluding hydrogens is 194 g/mol. The largest absolute Gasteiger partial charge is 0.691 e. The molecule has 0 amide bonds. The minimum atomic E-state index is 0.531. The van der Waals surface area contributed by atoms with E-state index < -0.39 is 0 Å². The van der Waals surface area contributed by atoms with Gasteiger partial charge in [0.15, 0.2) is 12.4 Å². The summed E-state index contributed by atoms with van der Waals surface area (Å²) in [4.78, 5) is 0.531. The molecule has 0 saturated heterocycles. The molecule has 5 heteroatoms. The summed E-state index contributed by atoms with van der Waals surface area (Å²) in [5.41, 5.74) is 1.07. The van der Waals surface area contributed by atoms with Crippen LogP contribution in [0.1, 0.15) is 5.56 Å². The quantitative estimate of drug-likeness (QED) is 0.544. The number of rotatable bonds is 3. The third-order valence-electron chi connectivity index (χ3n) is 2.07. The van der Waals surface area contributed by atoms with Crippen LogP contribution in [0.2, 0.25) is 0 Å². The average molecular weight is 205 g/mol. The van der Waals surface area contributed by atoms with Gasteiger partial charge in [0.05, 0.1) is 12.3 Å². The van der Waals surface area contributed by atoms with E-state index in [0.29, 0.717) is 11.4 Å². The second-order valence-electron chi connectivity index (χ2n) is 3.14. The molecule has 0 fully saturated rings. The van der Waals surface area contributed by atoms with Gasteiger partial charge in [-0.05, 0) is 17.7 Å². The van der Waals surface area contributed by atoms with Crippen molar-refractivity contribution in [1.82, 2.24) is 9.90 Å². The molecule has 5 nitrogen and oxygen atoms in total. The Morgan fingerprint density at radius 3 is 2.67 bits per heavy atom. The van der Waals surface area contributed by atoms with Gasteiger partial charge in [0.25, 0.3) is 0 Å². The first-order valence-corrected chi connectivity index (χ1v) is 4.54. The summed E-state index contributed by atoms with van der Waals surface area (Å²) in [6.45, 7) is 0.583. The van der Waals surface area contributed by atoms with E-state index in [1.165, 1.54) is 6.20 Å². The summed E-state index contributed by atoms with van der Waals surface area (Å²) >= 11 is 0. The SMILES string of the molecule is COc1ccc(Cn2cc[n+]([O-])n2)cc1. The van der Waals surface area contributed by atoms with Gasteiger partial charge in [-0.1, -0.05) is 12.1 Å².